The molecule has 0 bridgehead atoms. The van der Waals surface area contributed by atoms with Gasteiger partial charge in [0, 0.05) is 25.7 Å². The molecule has 0 radical (unpaired) electrons. The van der Waals surface area contributed by atoms with E-state index in [1.807, 2.05) is 31.2 Å². The summed E-state index contributed by atoms with van der Waals surface area (Å²) in [6, 6.07) is 15.5. The van der Waals surface area contributed by atoms with Gasteiger partial charge < -0.3 is 10.6 Å². The van der Waals surface area contributed by atoms with Crippen LogP contribution < -0.4 is 10.6 Å². The second-order valence-electron chi connectivity index (χ2n) is 7.10. The highest BCUT2D eigenvalue weighted by atomic mass is 32.2. The Bertz CT molecular complexity index is 959. The van der Waals surface area contributed by atoms with Crippen molar-refractivity contribution in [1.82, 2.24) is 14.9 Å². The van der Waals surface area contributed by atoms with Gasteiger partial charge in [-0.15, -0.1) is 0 Å². The summed E-state index contributed by atoms with van der Waals surface area (Å²) in [6.45, 7) is 2.73. The van der Waals surface area contributed by atoms with Gasteiger partial charge >= 0.3 is 11.8 Å². The smallest absolute Gasteiger partial charge is 0.309 e. The Balaban J connectivity index is 1.53. The predicted molar refractivity (Wildman–Crippen MR) is 109 cm³/mol. The van der Waals surface area contributed by atoms with Crippen LogP contribution in [-0.2, 0) is 26.2 Å². The zero-order valence-corrected chi connectivity index (χ0v) is 17.1. The number of carbonyl (C=O) groups excluding carboxylic acids is 2. The molecule has 0 aliphatic carbocycles. The zero-order chi connectivity index (χ0) is 20.9. The number of amides is 2. The number of hydrogen-bond acceptors (Lipinski definition) is 4. The van der Waals surface area contributed by atoms with Crippen molar-refractivity contribution in [2.75, 3.05) is 13.1 Å². The molecule has 7 nitrogen and oxygen atoms in total. The van der Waals surface area contributed by atoms with Gasteiger partial charge in [-0.25, -0.2) is 8.42 Å². The largest absolute Gasteiger partial charge is 0.346 e. The Morgan fingerprint density at radius 1 is 1.00 bits per heavy atom. The summed E-state index contributed by atoms with van der Waals surface area (Å²) in [5.74, 6) is -1.50. The number of hydrogen-bond donors (Lipinski definition) is 2. The van der Waals surface area contributed by atoms with Gasteiger partial charge in [0.25, 0.3) is 0 Å². The summed E-state index contributed by atoms with van der Waals surface area (Å²) in [4.78, 5) is 24.4. The lowest BCUT2D eigenvalue weighted by atomic mass is 10.1. The van der Waals surface area contributed by atoms with Gasteiger partial charge in [0.1, 0.15) is 0 Å². The minimum atomic E-state index is -3.62. The van der Waals surface area contributed by atoms with Crippen LogP contribution >= 0.6 is 0 Å². The highest BCUT2D eigenvalue weighted by Crippen LogP contribution is 2.25. The molecule has 2 aromatic rings. The minimum absolute atomic E-state index is 0.100. The van der Waals surface area contributed by atoms with Crippen molar-refractivity contribution < 1.29 is 18.0 Å². The molecule has 1 aliphatic heterocycles. The van der Waals surface area contributed by atoms with Crippen molar-refractivity contribution >= 4 is 21.8 Å². The van der Waals surface area contributed by atoms with E-state index in [2.05, 4.69) is 10.6 Å². The molecule has 154 valence electrons. The Morgan fingerprint density at radius 2 is 1.66 bits per heavy atom. The first-order valence-corrected chi connectivity index (χ1v) is 11.0. The van der Waals surface area contributed by atoms with E-state index in [1.165, 1.54) is 4.31 Å². The Kier molecular flexibility index (Phi) is 6.66. The van der Waals surface area contributed by atoms with Gasteiger partial charge in [-0.3, -0.25) is 9.59 Å². The number of carbonyl (C=O) groups is 2. The van der Waals surface area contributed by atoms with Gasteiger partial charge in [-0.05, 0) is 37.5 Å². The molecule has 2 amide bonds. The van der Waals surface area contributed by atoms with Gasteiger partial charge in [0.05, 0.1) is 4.90 Å². The van der Waals surface area contributed by atoms with E-state index in [1.54, 1.807) is 30.3 Å². The van der Waals surface area contributed by atoms with E-state index in [0.29, 0.717) is 19.4 Å². The fourth-order valence-corrected chi connectivity index (χ4v) is 5.03. The molecule has 1 aliphatic rings. The molecule has 2 aromatic carbocycles. The second-order valence-corrected chi connectivity index (χ2v) is 8.99. The number of nitrogens with zero attached hydrogens (tertiary/aromatic N) is 1. The average Bonchev–Trinajstić information content (AvgIpc) is 3.21. The third-order valence-corrected chi connectivity index (χ3v) is 6.92. The Morgan fingerprint density at radius 3 is 2.34 bits per heavy atom. The number of benzene rings is 2. The third-order valence-electron chi connectivity index (χ3n) is 4.95. The zero-order valence-electron chi connectivity index (χ0n) is 16.3. The maximum Gasteiger partial charge on any atom is 0.309 e. The van der Waals surface area contributed by atoms with E-state index < -0.39 is 21.8 Å². The number of sulfonamides is 1. The van der Waals surface area contributed by atoms with Crippen LogP contribution in [0.4, 0.5) is 0 Å². The van der Waals surface area contributed by atoms with Gasteiger partial charge in [0.15, 0.2) is 0 Å². The van der Waals surface area contributed by atoms with E-state index in [4.69, 9.17) is 0 Å². The molecule has 0 saturated carbocycles. The molecular formula is C21H25N3O4S. The Hall–Kier alpha value is -2.71. The SMILES string of the molecule is Cc1ccc(CNC(=O)C(=O)NC[C@@H]2CCCN2S(=O)(=O)c2ccccc2)cc1. The lowest BCUT2D eigenvalue weighted by Crippen LogP contribution is -2.46. The lowest BCUT2D eigenvalue weighted by Gasteiger charge is -2.24. The van der Waals surface area contributed by atoms with Gasteiger partial charge in [-0.2, -0.15) is 4.31 Å². The first-order valence-electron chi connectivity index (χ1n) is 9.56. The van der Waals surface area contributed by atoms with E-state index in [-0.39, 0.29) is 24.0 Å². The topological polar surface area (TPSA) is 95.6 Å². The summed E-state index contributed by atoms with van der Waals surface area (Å²) in [7, 11) is -3.62. The van der Waals surface area contributed by atoms with Crippen LogP contribution in [-0.4, -0.2) is 43.7 Å². The van der Waals surface area contributed by atoms with Crippen LogP contribution in [0.1, 0.15) is 24.0 Å². The van der Waals surface area contributed by atoms with Gasteiger partial charge in [0.2, 0.25) is 10.0 Å². The molecule has 1 fully saturated rings. The van der Waals surface area contributed by atoms with Crippen molar-refractivity contribution in [1.29, 1.82) is 0 Å². The summed E-state index contributed by atoms with van der Waals surface area (Å²) in [5, 5.41) is 5.14. The second kappa shape index (κ2) is 9.19. The molecule has 1 saturated heterocycles. The standard InChI is InChI=1S/C21H25N3O4S/c1-16-9-11-17(12-10-16)14-22-20(25)21(26)23-15-18-6-5-13-24(18)29(27,28)19-7-3-2-4-8-19/h2-4,7-12,18H,5-6,13-15H2,1H3,(H,22,25)(H,23,26)/t18-/m0/s1. The Labute approximate surface area is 171 Å². The van der Waals surface area contributed by atoms with Crippen LogP contribution in [0.2, 0.25) is 0 Å². The fourth-order valence-electron chi connectivity index (χ4n) is 3.32. The lowest BCUT2D eigenvalue weighted by molar-refractivity contribution is -0.139. The van der Waals surface area contributed by atoms with Crippen LogP contribution in [0, 0.1) is 6.92 Å². The number of aryl methyl sites for hydroxylation is 1. The fraction of sp³-hybridized carbons (Fsp3) is 0.333. The highest BCUT2D eigenvalue weighted by Gasteiger charge is 2.35. The molecule has 2 N–H and O–H groups in total. The molecule has 0 unspecified atom stereocenters. The van der Waals surface area contributed by atoms with E-state index in [0.717, 1.165) is 11.1 Å². The molecule has 8 heteroatoms. The number of rotatable bonds is 6. The summed E-state index contributed by atoms with van der Waals surface area (Å²) in [5.41, 5.74) is 2.01. The van der Waals surface area contributed by atoms with Crippen molar-refractivity contribution in [2.24, 2.45) is 0 Å². The van der Waals surface area contributed by atoms with E-state index >= 15 is 0 Å². The summed E-state index contributed by atoms with van der Waals surface area (Å²) in [6.07, 6.45) is 1.35. The van der Waals surface area contributed by atoms with Crippen LogP contribution in [0.3, 0.4) is 0 Å². The molecule has 0 spiro atoms. The van der Waals surface area contributed by atoms with Crippen molar-refractivity contribution in [3.63, 3.8) is 0 Å². The van der Waals surface area contributed by atoms with Crippen LogP contribution in [0.25, 0.3) is 0 Å². The van der Waals surface area contributed by atoms with Crippen molar-refractivity contribution in [3.05, 3.63) is 65.7 Å². The monoisotopic (exact) mass is 415 g/mol. The molecule has 3 rings (SSSR count). The molecule has 0 aromatic heterocycles. The quantitative estimate of drug-likeness (QED) is 0.701. The molecule has 1 atom stereocenters. The third kappa shape index (κ3) is 5.21. The summed E-state index contributed by atoms with van der Waals surface area (Å²) >= 11 is 0. The predicted octanol–water partition coefficient (Wildman–Crippen LogP) is 1.58. The molecule has 29 heavy (non-hydrogen) atoms. The number of nitrogens with one attached hydrogen (secondary N) is 2. The minimum Gasteiger partial charge on any atom is -0.346 e. The molecular weight excluding hydrogens is 390 g/mol. The normalized spacial score (nSPS) is 17.1. The maximum atomic E-state index is 12.8. The first kappa shape index (κ1) is 21.0. The van der Waals surface area contributed by atoms with Crippen LogP contribution in [0.15, 0.2) is 59.5 Å². The summed E-state index contributed by atoms with van der Waals surface area (Å²) < 4.78 is 27.1. The average molecular weight is 416 g/mol. The maximum absolute atomic E-state index is 12.8. The highest BCUT2D eigenvalue weighted by molar-refractivity contribution is 7.89. The first-order chi connectivity index (χ1) is 13.9. The molecule has 1 heterocycles. The van der Waals surface area contributed by atoms with E-state index in [9.17, 15) is 18.0 Å². The van der Waals surface area contributed by atoms with Crippen LogP contribution in [0.5, 0.6) is 0 Å². The van der Waals surface area contributed by atoms with Crippen molar-refractivity contribution in [2.45, 2.75) is 37.2 Å². The van der Waals surface area contributed by atoms with Gasteiger partial charge in [-0.1, -0.05) is 48.0 Å². The van der Waals surface area contributed by atoms with Crippen molar-refractivity contribution in [3.8, 4) is 0 Å².